The van der Waals surface area contributed by atoms with E-state index < -0.39 is 17.1 Å². The summed E-state index contributed by atoms with van der Waals surface area (Å²) in [6.45, 7) is 14.1. The Balaban J connectivity index is 1.27. The molecule has 0 spiro atoms. The number of hydrogen-bond acceptors (Lipinski definition) is 6. The number of benzene rings is 2. The third-order valence-corrected chi connectivity index (χ3v) is 10.7. The third kappa shape index (κ3) is 5.97. The number of pyridine rings is 1. The summed E-state index contributed by atoms with van der Waals surface area (Å²) < 4.78 is 17.4. The molecule has 258 valence electrons. The predicted molar refractivity (Wildman–Crippen MR) is 193 cm³/mol. The molecule has 0 unspecified atom stereocenters. The molecule has 1 saturated heterocycles. The summed E-state index contributed by atoms with van der Waals surface area (Å²) >= 11 is 6.32. The average molecular weight is 686 g/mol. The van der Waals surface area contributed by atoms with Gasteiger partial charge in [-0.1, -0.05) is 30.2 Å². The summed E-state index contributed by atoms with van der Waals surface area (Å²) in [6.07, 6.45) is 7.55. The molecule has 4 aromatic rings. The second-order valence-corrected chi connectivity index (χ2v) is 15.3. The minimum Gasteiger partial charge on any atom is -0.350 e. The third-order valence-electron chi connectivity index (χ3n) is 10.4. The van der Waals surface area contributed by atoms with Crippen LogP contribution < -0.4 is 15.5 Å². The monoisotopic (exact) mass is 685 g/mol. The van der Waals surface area contributed by atoms with Crippen LogP contribution in [0.15, 0.2) is 42.7 Å². The second kappa shape index (κ2) is 12.7. The number of aromatic nitrogens is 3. The maximum absolute atomic E-state index is 15.4. The number of imidazole rings is 1. The highest BCUT2D eigenvalue weighted by molar-refractivity contribution is 6.34. The van der Waals surface area contributed by atoms with Gasteiger partial charge in [0.25, 0.3) is 5.91 Å². The van der Waals surface area contributed by atoms with Crippen LogP contribution in [0, 0.1) is 5.82 Å². The summed E-state index contributed by atoms with van der Waals surface area (Å²) in [5.74, 6) is -0.471. The Morgan fingerprint density at radius 3 is 2.45 bits per heavy atom. The highest BCUT2D eigenvalue weighted by Gasteiger charge is 2.50. The maximum Gasteiger partial charge on any atom is 0.253 e. The molecule has 2 N–H and O–H groups in total. The van der Waals surface area contributed by atoms with Crippen LogP contribution in [-0.2, 0) is 10.2 Å². The topological polar surface area (TPSA) is 95.4 Å². The number of piperidine rings is 1. The van der Waals surface area contributed by atoms with Crippen LogP contribution in [0.25, 0.3) is 22.3 Å². The van der Waals surface area contributed by atoms with Crippen molar-refractivity contribution in [1.29, 1.82) is 0 Å². The van der Waals surface area contributed by atoms with E-state index in [4.69, 9.17) is 21.6 Å². The number of fused-ring (bicyclic) bond motifs is 2. The molecule has 2 aromatic carbocycles. The van der Waals surface area contributed by atoms with E-state index in [1.165, 1.54) is 25.3 Å². The van der Waals surface area contributed by atoms with Crippen molar-refractivity contribution in [1.82, 2.24) is 24.8 Å². The van der Waals surface area contributed by atoms with E-state index in [1.807, 2.05) is 69.2 Å². The van der Waals surface area contributed by atoms with Crippen molar-refractivity contribution in [3.8, 4) is 11.3 Å². The van der Waals surface area contributed by atoms with Crippen LogP contribution in [0.1, 0.15) is 95.6 Å². The number of rotatable bonds is 8. The van der Waals surface area contributed by atoms with Gasteiger partial charge in [0.15, 0.2) is 5.82 Å². The van der Waals surface area contributed by atoms with Crippen LogP contribution >= 0.6 is 11.6 Å². The van der Waals surface area contributed by atoms with Gasteiger partial charge in [-0.25, -0.2) is 14.4 Å². The summed E-state index contributed by atoms with van der Waals surface area (Å²) in [5.41, 5.74) is 4.41. The molecular formula is C38H45ClFN7O2. The van der Waals surface area contributed by atoms with Crippen molar-refractivity contribution in [2.75, 3.05) is 23.3 Å². The fourth-order valence-corrected chi connectivity index (χ4v) is 7.87. The average Bonchev–Trinajstić information content (AvgIpc) is 3.55. The number of anilines is 3. The molecular weight excluding hydrogens is 641 g/mol. The lowest BCUT2D eigenvalue weighted by molar-refractivity contribution is -0.123. The minimum atomic E-state index is -0.629. The SMILES string of the molecule is CC(C)NC(=O)c1cc(Nc2nc(-c3ccc4c(c3)N([C@H]3C[C@@H](N5CCCCC5)C3)C(=O)C4(C)C)cc3ncn(C(C)C)c23)c(F)cc1Cl. The molecule has 7 rings (SSSR count). The Morgan fingerprint density at radius 1 is 1.02 bits per heavy atom. The molecule has 2 aliphatic heterocycles. The van der Waals surface area contributed by atoms with Crippen molar-refractivity contribution in [2.45, 2.75) is 103 Å². The van der Waals surface area contributed by atoms with Crippen LogP contribution in [0.5, 0.6) is 0 Å². The smallest absolute Gasteiger partial charge is 0.253 e. The lowest BCUT2D eigenvalue weighted by atomic mass is 9.82. The molecule has 0 atom stereocenters. The molecule has 1 saturated carbocycles. The maximum atomic E-state index is 15.4. The number of likely N-dealkylation sites (tertiary alicyclic amines) is 1. The number of hydrogen-bond donors (Lipinski definition) is 2. The second-order valence-electron chi connectivity index (χ2n) is 14.9. The number of nitrogens with one attached hydrogen (secondary N) is 2. The molecule has 2 fully saturated rings. The van der Waals surface area contributed by atoms with Gasteiger partial charge in [0.1, 0.15) is 11.3 Å². The summed E-state index contributed by atoms with van der Waals surface area (Å²) in [5, 5.41) is 6.03. The molecule has 0 bridgehead atoms. The van der Waals surface area contributed by atoms with Gasteiger partial charge < -0.3 is 25.0 Å². The summed E-state index contributed by atoms with van der Waals surface area (Å²) in [7, 11) is 0. The van der Waals surface area contributed by atoms with Gasteiger partial charge >= 0.3 is 0 Å². The first kappa shape index (κ1) is 33.5. The highest BCUT2D eigenvalue weighted by Crippen LogP contribution is 2.48. The van der Waals surface area contributed by atoms with E-state index in [0.717, 1.165) is 48.8 Å². The predicted octanol–water partition coefficient (Wildman–Crippen LogP) is 7.99. The molecule has 2 amide bonds. The van der Waals surface area contributed by atoms with Gasteiger partial charge in [0.2, 0.25) is 5.91 Å². The van der Waals surface area contributed by atoms with Crippen molar-refractivity contribution in [2.24, 2.45) is 0 Å². The van der Waals surface area contributed by atoms with E-state index in [9.17, 15) is 9.59 Å². The highest BCUT2D eigenvalue weighted by atomic mass is 35.5. The van der Waals surface area contributed by atoms with Crippen molar-refractivity contribution < 1.29 is 14.0 Å². The zero-order valence-corrected chi connectivity index (χ0v) is 29.9. The van der Waals surface area contributed by atoms with Gasteiger partial charge in [-0.2, -0.15) is 0 Å². The van der Waals surface area contributed by atoms with Crippen molar-refractivity contribution >= 4 is 51.6 Å². The van der Waals surface area contributed by atoms with Gasteiger partial charge in [-0.05, 0) is 110 Å². The summed E-state index contributed by atoms with van der Waals surface area (Å²) in [4.78, 5) is 41.2. The fourth-order valence-electron chi connectivity index (χ4n) is 7.63. The Labute approximate surface area is 292 Å². The number of amides is 2. The standard InChI is InChI=1S/C38H45ClFN7O2/c1-21(2)42-36(48)26-17-31(29(40)18-28(26)39)44-35-34-32(41-20-46(34)22(3)4)19-30(43-35)23-10-11-27-33(14-23)47(37(49)38(27,5)6)25-15-24(16-25)45-12-8-7-9-13-45/h10-11,14,17-22,24-25H,7-9,12-13,15-16H2,1-6H3,(H,42,48)(H,43,44)/t24-,25+. The summed E-state index contributed by atoms with van der Waals surface area (Å²) in [6, 6.07) is 11.3. The Bertz CT molecular complexity index is 1940. The number of carbonyl (C=O) groups is 2. The first-order valence-corrected chi connectivity index (χ1v) is 17.9. The van der Waals surface area contributed by atoms with E-state index in [0.29, 0.717) is 28.6 Å². The zero-order chi connectivity index (χ0) is 34.8. The van der Waals surface area contributed by atoms with E-state index in [1.54, 1.807) is 6.33 Å². The molecule has 4 heterocycles. The van der Waals surface area contributed by atoms with Crippen LogP contribution in [-0.4, -0.2) is 62.5 Å². The first-order valence-electron chi connectivity index (χ1n) is 17.5. The van der Waals surface area contributed by atoms with Crippen LogP contribution in [0.3, 0.4) is 0 Å². The molecule has 3 aliphatic rings. The van der Waals surface area contributed by atoms with E-state index in [2.05, 4.69) is 21.6 Å². The normalized spacial score (nSPS) is 20.6. The number of halogens is 2. The molecule has 1 aliphatic carbocycles. The van der Waals surface area contributed by atoms with Crippen molar-refractivity contribution in [3.63, 3.8) is 0 Å². The Kier molecular flexibility index (Phi) is 8.68. The van der Waals surface area contributed by atoms with Crippen LogP contribution in [0.4, 0.5) is 21.6 Å². The molecule has 11 heteroatoms. The lowest BCUT2D eigenvalue weighted by Crippen LogP contribution is -2.57. The van der Waals surface area contributed by atoms with Crippen molar-refractivity contribution in [3.05, 3.63) is 64.7 Å². The zero-order valence-electron chi connectivity index (χ0n) is 29.1. The number of nitrogens with zero attached hydrogens (tertiary/aromatic N) is 5. The number of carbonyl (C=O) groups excluding carboxylic acids is 2. The minimum absolute atomic E-state index is 0.0224. The molecule has 49 heavy (non-hydrogen) atoms. The van der Waals surface area contributed by atoms with Crippen LogP contribution in [0.2, 0.25) is 5.02 Å². The van der Waals surface area contributed by atoms with E-state index >= 15 is 4.39 Å². The van der Waals surface area contributed by atoms with Gasteiger partial charge in [0.05, 0.1) is 39.2 Å². The fraction of sp³-hybridized carbons (Fsp3) is 0.474. The van der Waals surface area contributed by atoms with Gasteiger partial charge in [0, 0.05) is 35.4 Å². The lowest BCUT2D eigenvalue weighted by Gasteiger charge is -2.48. The molecule has 0 radical (unpaired) electrons. The molecule has 2 aromatic heterocycles. The first-order chi connectivity index (χ1) is 23.3. The van der Waals surface area contributed by atoms with E-state index in [-0.39, 0.29) is 40.3 Å². The largest absolute Gasteiger partial charge is 0.350 e. The molecule has 9 nitrogen and oxygen atoms in total. The van der Waals surface area contributed by atoms with Gasteiger partial charge in [-0.3, -0.25) is 9.59 Å². The Hall–Kier alpha value is -4.02. The van der Waals surface area contributed by atoms with Gasteiger partial charge in [-0.15, -0.1) is 0 Å². The Morgan fingerprint density at radius 2 is 1.76 bits per heavy atom. The quantitative estimate of drug-likeness (QED) is 0.195.